The standard InChI is InChI=1S/C21H24N4OS/c1-4-12-25-20(18-8-10-22-11-9-18)23-24-21(25)27-14-5-13-26-19-15-16(2)6-7-17(19)3/h4,6-11,15H,1,5,12-14H2,2-3H3. The molecule has 0 radical (unpaired) electrons. The molecule has 140 valence electrons. The molecule has 6 heteroatoms. The minimum atomic E-state index is 0.673. The van der Waals surface area contributed by atoms with Gasteiger partial charge in [-0.25, -0.2) is 0 Å². The highest BCUT2D eigenvalue weighted by molar-refractivity contribution is 7.99. The van der Waals surface area contributed by atoms with Crippen LogP contribution in [0.5, 0.6) is 5.75 Å². The van der Waals surface area contributed by atoms with Crippen molar-refractivity contribution in [2.24, 2.45) is 0 Å². The van der Waals surface area contributed by atoms with Crippen LogP contribution >= 0.6 is 11.8 Å². The third-order valence-electron chi connectivity index (χ3n) is 4.09. The first-order valence-corrected chi connectivity index (χ1v) is 9.95. The summed E-state index contributed by atoms with van der Waals surface area (Å²) in [7, 11) is 0. The highest BCUT2D eigenvalue weighted by Crippen LogP contribution is 2.24. The Balaban J connectivity index is 1.57. The Morgan fingerprint density at radius 3 is 2.74 bits per heavy atom. The van der Waals surface area contributed by atoms with Crippen LogP contribution in [0.2, 0.25) is 0 Å². The first-order valence-electron chi connectivity index (χ1n) is 8.96. The summed E-state index contributed by atoms with van der Waals surface area (Å²) in [6.45, 7) is 9.36. The van der Waals surface area contributed by atoms with E-state index in [0.717, 1.165) is 34.5 Å². The number of aryl methyl sites for hydroxylation is 2. The second kappa shape index (κ2) is 9.37. The monoisotopic (exact) mass is 380 g/mol. The number of ether oxygens (including phenoxy) is 1. The van der Waals surface area contributed by atoms with Gasteiger partial charge in [0.05, 0.1) is 6.61 Å². The Bertz CT molecular complexity index is 892. The predicted octanol–water partition coefficient (Wildman–Crippen LogP) is 4.70. The molecule has 0 spiro atoms. The number of allylic oxidation sites excluding steroid dienone is 1. The van der Waals surface area contributed by atoms with Gasteiger partial charge in [0.2, 0.25) is 0 Å². The van der Waals surface area contributed by atoms with Crippen LogP contribution < -0.4 is 4.74 Å². The van der Waals surface area contributed by atoms with Gasteiger partial charge in [-0.3, -0.25) is 9.55 Å². The first kappa shape index (κ1) is 19.2. The summed E-state index contributed by atoms with van der Waals surface area (Å²) in [5.41, 5.74) is 3.39. The quantitative estimate of drug-likeness (QED) is 0.306. The van der Waals surface area contributed by atoms with Crippen molar-refractivity contribution < 1.29 is 4.74 Å². The number of hydrogen-bond acceptors (Lipinski definition) is 5. The smallest absolute Gasteiger partial charge is 0.191 e. The Kier molecular flexibility index (Phi) is 6.65. The van der Waals surface area contributed by atoms with E-state index in [-0.39, 0.29) is 0 Å². The summed E-state index contributed by atoms with van der Waals surface area (Å²) >= 11 is 1.69. The molecule has 0 bridgehead atoms. The third-order valence-corrected chi connectivity index (χ3v) is 5.14. The fourth-order valence-electron chi connectivity index (χ4n) is 2.67. The Morgan fingerprint density at radius 1 is 1.15 bits per heavy atom. The predicted molar refractivity (Wildman–Crippen MR) is 110 cm³/mol. The summed E-state index contributed by atoms with van der Waals surface area (Å²) < 4.78 is 8.01. The molecule has 0 aliphatic rings. The van der Waals surface area contributed by atoms with Crippen molar-refractivity contribution in [2.75, 3.05) is 12.4 Å². The molecule has 2 heterocycles. The van der Waals surface area contributed by atoms with E-state index in [0.29, 0.717) is 13.2 Å². The average molecular weight is 381 g/mol. The Labute approximate surface area is 164 Å². The number of thioether (sulfide) groups is 1. The normalized spacial score (nSPS) is 10.7. The van der Waals surface area contributed by atoms with Gasteiger partial charge in [-0.05, 0) is 49.6 Å². The van der Waals surface area contributed by atoms with Gasteiger partial charge in [0.15, 0.2) is 11.0 Å². The van der Waals surface area contributed by atoms with E-state index in [1.54, 1.807) is 24.2 Å². The van der Waals surface area contributed by atoms with Crippen LogP contribution in [-0.4, -0.2) is 32.1 Å². The summed E-state index contributed by atoms with van der Waals surface area (Å²) in [4.78, 5) is 4.06. The molecular formula is C21H24N4OS. The minimum absolute atomic E-state index is 0.673. The van der Waals surface area contributed by atoms with Gasteiger partial charge in [-0.1, -0.05) is 30.0 Å². The molecule has 5 nitrogen and oxygen atoms in total. The van der Waals surface area contributed by atoms with Crippen molar-refractivity contribution in [3.63, 3.8) is 0 Å². The number of rotatable bonds is 9. The lowest BCUT2D eigenvalue weighted by Gasteiger charge is -2.10. The lowest BCUT2D eigenvalue weighted by Crippen LogP contribution is -2.03. The molecule has 0 fully saturated rings. The largest absolute Gasteiger partial charge is 0.493 e. The molecule has 0 saturated carbocycles. The van der Waals surface area contributed by atoms with E-state index in [4.69, 9.17) is 4.74 Å². The summed E-state index contributed by atoms with van der Waals surface area (Å²) in [5, 5.41) is 9.61. The van der Waals surface area contributed by atoms with Gasteiger partial charge in [0.25, 0.3) is 0 Å². The fraction of sp³-hybridized carbons (Fsp3) is 0.286. The molecule has 0 amide bonds. The fourth-order valence-corrected chi connectivity index (χ4v) is 3.53. The molecule has 0 saturated heterocycles. The van der Waals surface area contributed by atoms with Crippen LogP contribution in [0.15, 0.2) is 60.5 Å². The average Bonchev–Trinajstić information content (AvgIpc) is 3.08. The van der Waals surface area contributed by atoms with Crippen molar-refractivity contribution in [3.8, 4) is 17.1 Å². The van der Waals surface area contributed by atoms with E-state index in [2.05, 4.69) is 58.4 Å². The second-order valence-electron chi connectivity index (χ2n) is 6.26. The molecule has 0 aliphatic heterocycles. The molecular weight excluding hydrogens is 356 g/mol. The van der Waals surface area contributed by atoms with Crippen LogP contribution in [0.3, 0.4) is 0 Å². The third kappa shape index (κ3) is 4.98. The highest BCUT2D eigenvalue weighted by Gasteiger charge is 2.13. The molecule has 27 heavy (non-hydrogen) atoms. The van der Waals surface area contributed by atoms with Gasteiger partial charge >= 0.3 is 0 Å². The highest BCUT2D eigenvalue weighted by atomic mass is 32.2. The molecule has 3 rings (SSSR count). The zero-order valence-electron chi connectivity index (χ0n) is 15.8. The maximum Gasteiger partial charge on any atom is 0.191 e. The molecule has 0 N–H and O–H groups in total. The Hall–Kier alpha value is -2.60. The van der Waals surface area contributed by atoms with Gasteiger partial charge < -0.3 is 4.74 Å². The van der Waals surface area contributed by atoms with Gasteiger partial charge in [0, 0.05) is 30.3 Å². The lowest BCUT2D eigenvalue weighted by atomic mass is 10.1. The van der Waals surface area contributed by atoms with Crippen molar-refractivity contribution in [1.29, 1.82) is 0 Å². The topological polar surface area (TPSA) is 52.8 Å². The van der Waals surface area contributed by atoms with E-state index in [1.165, 1.54) is 11.1 Å². The van der Waals surface area contributed by atoms with Crippen LogP contribution in [0.4, 0.5) is 0 Å². The maximum absolute atomic E-state index is 5.93. The van der Waals surface area contributed by atoms with Crippen LogP contribution in [0, 0.1) is 13.8 Å². The molecule has 1 aromatic carbocycles. The van der Waals surface area contributed by atoms with Crippen molar-refractivity contribution in [1.82, 2.24) is 19.7 Å². The molecule has 0 atom stereocenters. The molecule has 2 aromatic heterocycles. The molecule has 3 aromatic rings. The van der Waals surface area contributed by atoms with Crippen molar-refractivity contribution in [3.05, 3.63) is 66.5 Å². The summed E-state index contributed by atoms with van der Waals surface area (Å²) in [5.74, 6) is 2.72. The molecule has 0 unspecified atom stereocenters. The second-order valence-corrected chi connectivity index (χ2v) is 7.32. The zero-order valence-corrected chi connectivity index (χ0v) is 16.6. The number of hydrogen-bond donors (Lipinski definition) is 0. The summed E-state index contributed by atoms with van der Waals surface area (Å²) in [6.07, 6.45) is 6.32. The van der Waals surface area contributed by atoms with Gasteiger partial charge in [-0.2, -0.15) is 0 Å². The minimum Gasteiger partial charge on any atom is -0.493 e. The van der Waals surface area contributed by atoms with Crippen LogP contribution in [-0.2, 0) is 6.54 Å². The number of nitrogens with zero attached hydrogens (tertiary/aromatic N) is 4. The van der Waals surface area contributed by atoms with E-state index in [1.807, 2.05) is 18.2 Å². The maximum atomic E-state index is 5.93. The zero-order chi connectivity index (χ0) is 19.1. The summed E-state index contributed by atoms with van der Waals surface area (Å²) in [6, 6.07) is 10.2. The SMILES string of the molecule is C=CCn1c(SCCCOc2cc(C)ccc2C)nnc1-c1ccncc1. The number of pyridine rings is 1. The lowest BCUT2D eigenvalue weighted by molar-refractivity contribution is 0.316. The Morgan fingerprint density at radius 2 is 1.96 bits per heavy atom. The van der Waals surface area contributed by atoms with E-state index in [9.17, 15) is 0 Å². The van der Waals surface area contributed by atoms with Gasteiger partial charge in [-0.15, -0.1) is 16.8 Å². The van der Waals surface area contributed by atoms with Crippen molar-refractivity contribution in [2.45, 2.75) is 32.0 Å². The van der Waals surface area contributed by atoms with Gasteiger partial charge in [0.1, 0.15) is 5.75 Å². The van der Waals surface area contributed by atoms with E-state index < -0.39 is 0 Å². The van der Waals surface area contributed by atoms with Crippen molar-refractivity contribution >= 4 is 11.8 Å². The molecule has 0 aliphatic carbocycles. The first-order chi connectivity index (χ1) is 13.2. The number of benzene rings is 1. The van der Waals surface area contributed by atoms with Crippen LogP contribution in [0.1, 0.15) is 17.5 Å². The van der Waals surface area contributed by atoms with E-state index >= 15 is 0 Å². The number of aromatic nitrogens is 4. The van der Waals surface area contributed by atoms with Crippen LogP contribution in [0.25, 0.3) is 11.4 Å².